The van der Waals surface area contributed by atoms with E-state index < -0.39 is 23.0 Å². The molecule has 2 aromatic rings. The first-order chi connectivity index (χ1) is 11.8. The van der Waals surface area contributed by atoms with Crippen LogP contribution >= 0.6 is 31.9 Å². The summed E-state index contributed by atoms with van der Waals surface area (Å²) in [4.78, 5) is 20.4. The number of benzene rings is 2. The molecule has 0 atom stereocenters. The Labute approximate surface area is 213 Å². The summed E-state index contributed by atoms with van der Waals surface area (Å²) < 4.78 is 43.8. The third kappa shape index (κ3) is 10.3. The molecule has 0 spiro atoms. The standard InChI is InChI=1S/C8H6BrFO2.C7H3BrF2O.CH4O.K.H2O/c1-12-8-3-5(9)2-7(10)6(8)4-11;8-4-1-6(9)5(3-11)7(10)2-4;1-2;;/h2-4H,1H3;1-3H;2H,1H3;;1H2/q;;;+1;/p-1. The second kappa shape index (κ2) is 16.8. The maximum Gasteiger partial charge on any atom is 1.00 e. The smallest absolute Gasteiger partial charge is 0.870 e. The van der Waals surface area contributed by atoms with E-state index in [2.05, 4.69) is 31.9 Å². The summed E-state index contributed by atoms with van der Waals surface area (Å²) >= 11 is 5.96. The monoisotopic (exact) mass is 540 g/mol. The molecule has 144 valence electrons. The molecule has 11 heteroatoms. The second-order valence-electron chi connectivity index (χ2n) is 4.02. The third-order valence-electron chi connectivity index (χ3n) is 2.56. The fourth-order valence-corrected chi connectivity index (χ4v) is 2.32. The van der Waals surface area contributed by atoms with Crippen molar-refractivity contribution in [2.75, 3.05) is 14.2 Å². The van der Waals surface area contributed by atoms with Gasteiger partial charge in [0, 0.05) is 16.1 Å². The van der Waals surface area contributed by atoms with Crippen LogP contribution in [0.15, 0.2) is 33.2 Å². The van der Waals surface area contributed by atoms with Gasteiger partial charge in [-0.15, -0.1) is 0 Å². The average molecular weight is 542 g/mol. The van der Waals surface area contributed by atoms with Gasteiger partial charge in [0.25, 0.3) is 0 Å². The molecule has 0 fully saturated rings. The molecule has 0 radical (unpaired) electrons. The van der Waals surface area contributed by atoms with Crippen LogP contribution in [0.5, 0.6) is 5.75 Å². The predicted molar refractivity (Wildman–Crippen MR) is 95.6 cm³/mol. The van der Waals surface area contributed by atoms with Gasteiger partial charge in [0.2, 0.25) is 0 Å². The van der Waals surface area contributed by atoms with E-state index in [1.54, 1.807) is 0 Å². The Kier molecular flexibility index (Phi) is 19.7. The topological polar surface area (TPSA) is 93.6 Å². The summed E-state index contributed by atoms with van der Waals surface area (Å²) in [6.45, 7) is 0. The Bertz CT molecular complexity index is 725. The van der Waals surface area contributed by atoms with Gasteiger partial charge >= 0.3 is 51.4 Å². The number of halogens is 5. The summed E-state index contributed by atoms with van der Waals surface area (Å²) in [5.41, 5.74) is -0.589. The molecule has 0 heterocycles. The molecule has 0 aliphatic rings. The Morgan fingerprint density at radius 2 is 1.19 bits per heavy atom. The minimum absolute atomic E-state index is 0. The molecule has 27 heavy (non-hydrogen) atoms. The fourth-order valence-electron chi connectivity index (χ4n) is 1.51. The van der Waals surface area contributed by atoms with Crippen molar-refractivity contribution in [1.82, 2.24) is 0 Å². The molecule has 0 saturated heterocycles. The van der Waals surface area contributed by atoms with Gasteiger partial charge in [-0.25, -0.2) is 13.2 Å². The third-order valence-corrected chi connectivity index (χ3v) is 3.47. The van der Waals surface area contributed by atoms with E-state index in [1.807, 2.05) is 0 Å². The van der Waals surface area contributed by atoms with Gasteiger partial charge in [-0.3, -0.25) is 9.59 Å². The SMILES string of the molecule is CO.COc1cc(Br)cc(F)c1C=O.O=Cc1c(F)cc(Br)cc1F.[K+].[OH-]. The maximum absolute atomic E-state index is 13.0. The number of carbonyl (C=O) groups is 2. The molecule has 0 bridgehead atoms. The van der Waals surface area contributed by atoms with Crippen molar-refractivity contribution in [3.63, 3.8) is 0 Å². The second-order valence-corrected chi connectivity index (χ2v) is 5.85. The van der Waals surface area contributed by atoms with Crippen molar-refractivity contribution < 1.29 is 89.5 Å². The quantitative estimate of drug-likeness (QED) is 0.468. The molecule has 0 aliphatic carbocycles. The molecular weight excluding hydrogens is 528 g/mol. The van der Waals surface area contributed by atoms with Crippen LogP contribution in [0.25, 0.3) is 0 Å². The molecule has 5 nitrogen and oxygen atoms in total. The van der Waals surface area contributed by atoms with E-state index in [0.717, 1.165) is 19.2 Å². The average Bonchev–Trinajstić information content (AvgIpc) is 2.56. The summed E-state index contributed by atoms with van der Waals surface area (Å²) in [7, 11) is 2.38. The molecule has 0 unspecified atom stereocenters. The normalized spacial score (nSPS) is 8.44. The van der Waals surface area contributed by atoms with Gasteiger partial charge in [0.1, 0.15) is 23.2 Å². The number of methoxy groups -OCH3 is 1. The van der Waals surface area contributed by atoms with Crippen molar-refractivity contribution in [2.45, 2.75) is 0 Å². The zero-order valence-electron chi connectivity index (χ0n) is 14.5. The van der Waals surface area contributed by atoms with Gasteiger partial charge in [-0.05, 0) is 24.3 Å². The Morgan fingerprint density at radius 1 is 0.852 bits per heavy atom. The first-order valence-corrected chi connectivity index (χ1v) is 7.95. The van der Waals surface area contributed by atoms with Crippen LogP contribution in [0.4, 0.5) is 13.2 Å². The van der Waals surface area contributed by atoms with E-state index in [-0.39, 0.29) is 78.9 Å². The van der Waals surface area contributed by atoms with Crippen LogP contribution in [0.3, 0.4) is 0 Å². The van der Waals surface area contributed by atoms with E-state index in [9.17, 15) is 22.8 Å². The van der Waals surface area contributed by atoms with Crippen molar-refractivity contribution >= 4 is 44.4 Å². The van der Waals surface area contributed by atoms with Crippen LogP contribution in [0.2, 0.25) is 0 Å². The number of rotatable bonds is 3. The summed E-state index contributed by atoms with van der Waals surface area (Å²) in [6.07, 6.45) is 0.581. The summed E-state index contributed by atoms with van der Waals surface area (Å²) in [5, 5.41) is 7.00. The predicted octanol–water partition coefficient (Wildman–Crippen LogP) is 1.38. The first kappa shape index (κ1) is 31.6. The van der Waals surface area contributed by atoms with E-state index in [0.29, 0.717) is 10.8 Å². The minimum atomic E-state index is -0.855. The number of aliphatic hydroxyl groups excluding tert-OH is 1. The van der Waals surface area contributed by atoms with Crippen molar-refractivity contribution in [1.29, 1.82) is 0 Å². The summed E-state index contributed by atoms with van der Waals surface area (Å²) in [5.74, 6) is -2.06. The van der Waals surface area contributed by atoms with E-state index >= 15 is 0 Å². The number of hydrogen-bond donors (Lipinski definition) is 1. The Balaban J connectivity index is -0.000000367. The maximum atomic E-state index is 13.0. The Hall–Kier alpha value is -0.114. The van der Waals surface area contributed by atoms with Crippen molar-refractivity contribution in [2.24, 2.45) is 0 Å². The molecule has 2 rings (SSSR count). The van der Waals surface area contributed by atoms with Crippen LogP contribution in [-0.2, 0) is 0 Å². The summed E-state index contributed by atoms with van der Waals surface area (Å²) in [6, 6.07) is 4.82. The zero-order valence-corrected chi connectivity index (χ0v) is 20.8. The van der Waals surface area contributed by atoms with Gasteiger partial charge in [0.05, 0.1) is 18.2 Å². The van der Waals surface area contributed by atoms with Crippen molar-refractivity contribution in [3.8, 4) is 5.75 Å². The molecular formula is C16H14Br2F3KO5. The van der Waals surface area contributed by atoms with Crippen LogP contribution in [0, 0.1) is 17.5 Å². The van der Waals surface area contributed by atoms with Gasteiger partial charge in [-0.2, -0.15) is 0 Å². The largest absolute Gasteiger partial charge is 1.00 e. The van der Waals surface area contributed by atoms with Gasteiger partial charge in [-0.1, -0.05) is 31.9 Å². The Morgan fingerprint density at radius 3 is 1.52 bits per heavy atom. The molecule has 2 N–H and O–H groups in total. The van der Waals surface area contributed by atoms with E-state index in [4.69, 9.17) is 9.84 Å². The number of aliphatic hydroxyl groups is 1. The van der Waals surface area contributed by atoms with Crippen LogP contribution < -0.4 is 56.1 Å². The van der Waals surface area contributed by atoms with Gasteiger partial charge < -0.3 is 15.3 Å². The molecule has 0 aromatic heterocycles. The number of carbonyl (C=O) groups excluding carboxylic acids is 2. The van der Waals surface area contributed by atoms with Crippen LogP contribution in [-0.4, -0.2) is 37.4 Å². The number of aldehydes is 2. The fraction of sp³-hybridized carbons (Fsp3) is 0.125. The number of ether oxygens (including phenoxy) is 1. The van der Waals surface area contributed by atoms with E-state index in [1.165, 1.54) is 19.2 Å². The molecule has 0 aliphatic heterocycles. The molecule has 2 aromatic carbocycles. The number of hydrogen-bond acceptors (Lipinski definition) is 5. The zero-order chi connectivity index (χ0) is 19.6. The van der Waals surface area contributed by atoms with Gasteiger partial charge in [0.15, 0.2) is 12.6 Å². The molecule has 0 amide bonds. The minimum Gasteiger partial charge on any atom is -0.870 e. The molecule has 0 saturated carbocycles. The van der Waals surface area contributed by atoms with Crippen LogP contribution in [0.1, 0.15) is 20.7 Å². The van der Waals surface area contributed by atoms with Crippen molar-refractivity contribution in [3.05, 3.63) is 61.8 Å². The first-order valence-electron chi connectivity index (χ1n) is 6.36.